The van der Waals surface area contributed by atoms with Gasteiger partial charge >= 0.3 is 0 Å². The summed E-state index contributed by atoms with van der Waals surface area (Å²) in [7, 11) is 1.59. The Hall–Kier alpha value is -4.09. The summed E-state index contributed by atoms with van der Waals surface area (Å²) in [5, 5.41) is 14.9. The van der Waals surface area contributed by atoms with Crippen LogP contribution in [-0.2, 0) is 6.54 Å². The second-order valence-electron chi connectivity index (χ2n) is 8.20. The minimum atomic E-state index is 0.512. The minimum absolute atomic E-state index is 0.512. The van der Waals surface area contributed by atoms with Crippen LogP contribution in [0, 0.1) is 6.57 Å². The maximum Gasteiger partial charge on any atom is 0.188 e. The van der Waals surface area contributed by atoms with Gasteiger partial charge in [-0.2, -0.15) is 0 Å². The molecule has 0 aliphatic carbocycles. The molecule has 1 aliphatic heterocycles. The summed E-state index contributed by atoms with van der Waals surface area (Å²) in [6.07, 6.45) is 1.82. The van der Waals surface area contributed by atoms with E-state index in [1.165, 1.54) is 0 Å². The zero-order valence-electron chi connectivity index (χ0n) is 19.3. The van der Waals surface area contributed by atoms with Crippen molar-refractivity contribution in [2.45, 2.75) is 6.54 Å². The number of nitrogens with zero attached hydrogens (tertiary/aromatic N) is 6. The molecule has 2 aromatic carbocycles. The average molecular weight is 486 g/mol. The third-order valence-electron chi connectivity index (χ3n) is 6.10. The van der Waals surface area contributed by atoms with E-state index in [-0.39, 0.29) is 0 Å². The number of anilines is 3. The lowest BCUT2D eigenvalue weighted by Gasteiger charge is -2.36. The topological polar surface area (TPSA) is 70.8 Å². The minimum Gasteiger partial charge on any atom is -0.495 e. The summed E-state index contributed by atoms with van der Waals surface area (Å²) >= 11 is 6.28. The number of rotatable bonds is 6. The number of methoxy groups -OCH3 is 1. The number of benzene rings is 2. The molecule has 35 heavy (non-hydrogen) atoms. The molecule has 9 heteroatoms. The molecule has 5 rings (SSSR count). The van der Waals surface area contributed by atoms with Gasteiger partial charge in [-0.1, -0.05) is 35.9 Å². The highest BCUT2D eigenvalue weighted by molar-refractivity contribution is 6.32. The van der Waals surface area contributed by atoms with Gasteiger partial charge in [0, 0.05) is 49.7 Å². The van der Waals surface area contributed by atoms with Crippen LogP contribution in [-0.4, -0.2) is 48.5 Å². The van der Waals surface area contributed by atoms with Crippen LogP contribution in [0.25, 0.3) is 15.6 Å². The van der Waals surface area contributed by atoms with Gasteiger partial charge in [0.05, 0.1) is 18.7 Å². The predicted molar refractivity (Wildman–Crippen MR) is 140 cm³/mol. The highest BCUT2D eigenvalue weighted by Gasteiger charge is 2.22. The van der Waals surface area contributed by atoms with Gasteiger partial charge in [-0.15, -0.1) is 10.2 Å². The third kappa shape index (κ3) is 4.77. The first-order valence-corrected chi connectivity index (χ1v) is 11.7. The van der Waals surface area contributed by atoms with Gasteiger partial charge in [0.15, 0.2) is 17.3 Å². The highest BCUT2D eigenvalue weighted by Crippen LogP contribution is 2.33. The van der Waals surface area contributed by atoms with Crippen molar-refractivity contribution in [2.75, 3.05) is 48.4 Å². The summed E-state index contributed by atoms with van der Waals surface area (Å²) in [6.45, 7) is 11.3. The van der Waals surface area contributed by atoms with Crippen molar-refractivity contribution in [3.05, 3.63) is 82.8 Å². The molecule has 2 aromatic heterocycles. The molecule has 8 nitrogen and oxygen atoms in total. The van der Waals surface area contributed by atoms with Crippen LogP contribution in [0.15, 0.2) is 60.8 Å². The first kappa shape index (κ1) is 22.7. The summed E-state index contributed by atoms with van der Waals surface area (Å²) in [6, 6.07) is 17.3. The number of fused-ring (bicyclic) bond motifs is 1. The Morgan fingerprint density at radius 2 is 1.83 bits per heavy atom. The number of pyridine rings is 1. The van der Waals surface area contributed by atoms with E-state index in [0.717, 1.165) is 54.2 Å². The van der Waals surface area contributed by atoms with Crippen LogP contribution in [0.2, 0.25) is 5.02 Å². The Morgan fingerprint density at radius 1 is 1.00 bits per heavy atom. The van der Waals surface area contributed by atoms with Crippen molar-refractivity contribution >= 4 is 45.5 Å². The van der Waals surface area contributed by atoms with E-state index in [1.54, 1.807) is 7.11 Å². The lowest BCUT2D eigenvalue weighted by atomic mass is 10.1. The largest absolute Gasteiger partial charge is 0.495 e. The van der Waals surface area contributed by atoms with E-state index >= 15 is 0 Å². The fourth-order valence-electron chi connectivity index (χ4n) is 4.26. The standard InChI is InChI=1S/C26H24ClN7O/c1-28-19-7-8-20-21(16-19)25(30-17-18-6-9-23(35-2)22(27)15-18)31-32-26(20)34-13-11-33(12-14-34)24-5-3-4-10-29-24/h3-10,15-16H,11-14,17H2,2H3,(H,30,31). The number of hydrogen-bond donors (Lipinski definition) is 1. The van der Waals surface area contributed by atoms with Gasteiger partial charge in [0.1, 0.15) is 11.6 Å². The van der Waals surface area contributed by atoms with Gasteiger partial charge in [-0.05, 0) is 35.9 Å². The number of ether oxygens (including phenoxy) is 1. The van der Waals surface area contributed by atoms with Crippen LogP contribution in [0.4, 0.5) is 23.1 Å². The van der Waals surface area contributed by atoms with Crippen molar-refractivity contribution < 1.29 is 4.74 Å². The van der Waals surface area contributed by atoms with Crippen molar-refractivity contribution in [1.29, 1.82) is 0 Å². The SMILES string of the molecule is [C-]#[N+]c1ccc2c(N3CCN(c4ccccn4)CC3)nnc(NCc3ccc(OC)c(Cl)c3)c2c1. The Labute approximate surface area is 208 Å². The molecule has 0 radical (unpaired) electrons. The zero-order chi connectivity index (χ0) is 24.2. The van der Waals surface area contributed by atoms with E-state index in [2.05, 4.69) is 35.1 Å². The van der Waals surface area contributed by atoms with Crippen molar-refractivity contribution in [3.8, 4) is 5.75 Å². The second kappa shape index (κ2) is 10.0. The predicted octanol–water partition coefficient (Wildman–Crippen LogP) is 5.18. The molecule has 1 fully saturated rings. The molecule has 0 amide bonds. The smallest absolute Gasteiger partial charge is 0.188 e. The van der Waals surface area contributed by atoms with Gasteiger partial charge in [0.2, 0.25) is 0 Å². The fourth-order valence-corrected chi connectivity index (χ4v) is 4.54. The summed E-state index contributed by atoms with van der Waals surface area (Å²) in [4.78, 5) is 12.6. The molecule has 0 spiro atoms. The Kier molecular flexibility index (Phi) is 6.51. The lowest BCUT2D eigenvalue weighted by molar-refractivity contribution is 0.415. The molecule has 0 unspecified atom stereocenters. The number of hydrogen-bond acceptors (Lipinski definition) is 7. The normalized spacial score (nSPS) is 13.5. The first-order valence-electron chi connectivity index (χ1n) is 11.3. The quantitative estimate of drug-likeness (QED) is 0.377. The fraction of sp³-hybridized carbons (Fsp3) is 0.231. The molecule has 3 heterocycles. The maximum atomic E-state index is 7.46. The van der Waals surface area contributed by atoms with E-state index in [9.17, 15) is 0 Å². The molecule has 0 bridgehead atoms. The molecule has 1 N–H and O–H groups in total. The summed E-state index contributed by atoms with van der Waals surface area (Å²) in [5.41, 5.74) is 1.55. The molecule has 0 atom stereocenters. The Bertz CT molecular complexity index is 1380. The zero-order valence-corrected chi connectivity index (χ0v) is 20.0. The number of piperazine rings is 1. The molecule has 1 aliphatic rings. The van der Waals surface area contributed by atoms with Gasteiger partial charge in [0.25, 0.3) is 0 Å². The Balaban J connectivity index is 1.39. The lowest BCUT2D eigenvalue weighted by Crippen LogP contribution is -2.47. The van der Waals surface area contributed by atoms with Crippen molar-refractivity contribution in [3.63, 3.8) is 0 Å². The van der Waals surface area contributed by atoms with E-state index < -0.39 is 0 Å². The molecule has 4 aromatic rings. The first-order chi connectivity index (χ1) is 17.2. The van der Waals surface area contributed by atoms with E-state index in [0.29, 0.717) is 28.8 Å². The van der Waals surface area contributed by atoms with Crippen molar-refractivity contribution in [2.24, 2.45) is 0 Å². The van der Waals surface area contributed by atoms with Crippen LogP contribution in [0.1, 0.15) is 5.56 Å². The average Bonchev–Trinajstić information content (AvgIpc) is 2.92. The molecule has 176 valence electrons. The van der Waals surface area contributed by atoms with Gasteiger partial charge in [-0.3, -0.25) is 0 Å². The second-order valence-corrected chi connectivity index (χ2v) is 8.61. The number of aromatic nitrogens is 3. The summed E-state index contributed by atoms with van der Waals surface area (Å²) in [5.74, 6) is 3.08. The third-order valence-corrected chi connectivity index (χ3v) is 6.40. The van der Waals surface area contributed by atoms with E-state index in [1.807, 2.05) is 60.8 Å². The van der Waals surface area contributed by atoms with Gasteiger partial charge in [-0.25, -0.2) is 9.83 Å². The monoisotopic (exact) mass is 485 g/mol. The molecular formula is C26H24ClN7O. The molecule has 0 saturated carbocycles. The highest BCUT2D eigenvalue weighted by atomic mass is 35.5. The van der Waals surface area contributed by atoms with Crippen LogP contribution in [0.3, 0.4) is 0 Å². The number of nitrogens with one attached hydrogen (secondary N) is 1. The maximum absolute atomic E-state index is 7.46. The van der Waals surface area contributed by atoms with Crippen molar-refractivity contribution in [1.82, 2.24) is 15.2 Å². The molecule has 1 saturated heterocycles. The van der Waals surface area contributed by atoms with Crippen LogP contribution < -0.4 is 19.9 Å². The summed E-state index contributed by atoms with van der Waals surface area (Å²) < 4.78 is 5.23. The number of halogens is 1. The van der Waals surface area contributed by atoms with E-state index in [4.69, 9.17) is 22.9 Å². The van der Waals surface area contributed by atoms with Crippen LogP contribution in [0.5, 0.6) is 5.75 Å². The van der Waals surface area contributed by atoms with Crippen LogP contribution >= 0.6 is 11.6 Å². The Morgan fingerprint density at radius 3 is 2.54 bits per heavy atom. The van der Waals surface area contributed by atoms with Gasteiger partial charge < -0.3 is 19.9 Å². The molecular weight excluding hydrogens is 462 g/mol.